The lowest BCUT2D eigenvalue weighted by Crippen LogP contribution is -2.33. The zero-order chi connectivity index (χ0) is 18.1. The first-order valence-electron chi connectivity index (χ1n) is 7.55. The van der Waals surface area contributed by atoms with Crippen LogP contribution in [0.1, 0.15) is 5.56 Å². The summed E-state index contributed by atoms with van der Waals surface area (Å²) in [4.78, 5) is 35.0. The van der Waals surface area contributed by atoms with Crippen LogP contribution in [-0.2, 0) is 25.5 Å². The number of benzene rings is 2. The molecule has 2 aromatic carbocycles. The summed E-state index contributed by atoms with van der Waals surface area (Å²) in [5.74, 6) is -1.52. The van der Waals surface area contributed by atoms with Crippen molar-refractivity contribution >= 4 is 35.1 Å². The number of carbonyl (C=O) groups is 3. The quantitative estimate of drug-likeness (QED) is 0.741. The molecule has 2 amide bonds. The number of carbonyl (C=O) groups excluding carboxylic acids is 3. The smallest absolute Gasteiger partial charge is 0.325 e. The standard InChI is InChI=1S/C18H17ClN2O4/c19-14-8-4-5-9-15(14)21-17(23)12-25-18(24)11-20-16(22)10-13-6-2-1-3-7-13/h1-9H,10-12H2,(H,20,22)(H,21,23). The van der Waals surface area contributed by atoms with Crippen LogP contribution < -0.4 is 10.6 Å². The van der Waals surface area contributed by atoms with Crippen molar-refractivity contribution in [1.82, 2.24) is 5.32 Å². The van der Waals surface area contributed by atoms with Gasteiger partial charge in [0.1, 0.15) is 6.54 Å². The molecule has 6 nitrogen and oxygen atoms in total. The molecule has 0 radical (unpaired) electrons. The summed E-state index contributed by atoms with van der Waals surface area (Å²) < 4.78 is 4.81. The van der Waals surface area contributed by atoms with Crippen molar-refractivity contribution in [3.8, 4) is 0 Å². The Balaban J connectivity index is 1.67. The third-order valence-electron chi connectivity index (χ3n) is 3.15. The van der Waals surface area contributed by atoms with E-state index in [9.17, 15) is 14.4 Å². The van der Waals surface area contributed by atoms with E-state index >= 15 is 0 Å². The van der Waals surface area contributed by atoms with Gasteiger partial charge in [-0.05, 0) is 17.7 Å². The zero-order valence-electron chi connectivity index (χ0n) is 13.3. The molecule has 0 aliphatic carbocycles. The topological polar surface area (TPSA) is 84.5 Å². The van der Waals surface area contributed by atoms with E-state index in [1.807, 2.05) is 30.3 Å². The number of rotatable bonds is 7. The predicted molar refractivity (Wildman–Crippen MR) is 94.2 cm³/mol. The van der Waals surface area contributed by atoms with Gasteiger partial charge < -0.3 is 15.4 Å². The fourth-order valence-electron chi connectivity index (χ4n) is 1.96. The number of halogens is 1. The lowest BCUT2D eigenvalue weighted by molar-refractivity contribution is -0.147. The second-order valence-electron chi connectivity index (χ2n) is 5.13. The second-order valence-corrected chi connectivity index (χ2v) is 5.54. The van der Waals surface area contributed by atoms with Gasteiger partial charge in [-0.3, -0.25) is 14.4 Å². The molecule has 0 heterocycles. The third kappa shape index (κ3) is 6.64. The SMILES string of the molecule is O=C(Cc1ccccc1)NCC(=O)OCC(=O)Nc1ccccc1Cl. The highest BCUT2D eigenvalue weighted by atomic mass is 35.5. The van der Waals surface area contributed by atoms with E-state index in [4.69, 9.17) is 16.3 Å². The Morgan fingerprint density at radius 1 is 0.920 bits per heavy atom. The van der Waals surface area contributed by atoms with Crippen molar-refractivity contribution < 1.29 is 19.1 Å². The van der Waals surface area contributed by atoms with Gasteiger partial charge in [0.05, 0.1) is 17.1 Å². The number of nitrogens with one attached hydrogen (secondary N) is 2. The number of hydrogen-bond donors (Lipinski definition) is 2. The number of esters is 1. The van der Waals surface area contributed by atoms with Gasteiger partial charge in [0, 0.05) is 0 Å². The largest absolute Gasteiger partial charge is 0.454 e. The van der Waals surface area contributed by atoms with Crippen LogP contribution >= 0.6 is 11.6 Å². The maximum Gasteiger partial charge on any atom is 0.325 e. The van der Waals surface area contributed by atoms with E-state index in [2.05, 4.69) is 10.6 Å². The fourth-order valence-corrected chi connectivity index (χ4v) is 2.14. The van der Waals surface area contributed by atoms with E-state index in [1.54, 1.807) is 24.3 Å². The predicted octanol–water partition coefficient (Wildman–Crippen LogP) is 2.18. The Labute approximate surface area is 150 Å². The summed E-state index contributed by atoms with van der Waals surface area (Å²) in [7, 11) is 0. The minimum atomic E-state index is -0.698. The Bertz CT molecular complexity index is 750. The summed E-state index contributed by atoms with van der Waals surface area (Å²) in [5, 5.41) is 5.36. The van der Waals surface area contributed by atoms with Crippen molar-refractivity contribution in [3.05, 3.63) is 65.2 Å². The lowest BCUT2D eigenvalue weighted by atomic mass is 10.1. The van der Waals surface area contributed by atoms with Crippen LogP contribution in [0.2, 0.25) is 5.02 Å². The van der Waals surface area contributed by atoms with E-state index in [-0.39, 0.29) is 18.9 Å². The summed E-state index contributed by atoms with van der Waals surface area (Å²) in [5.41, 5.74) is 1.27. The highest BCUT2D eigenvalue weighted by molar-refractivity contribution is 6.33. The molecule has 0 aliphatic heterocycles. The number of amides is 2. The van der Waals surface area contributed by atoms with E-state index in [0.717, 1.165) is 5.56 Å². The molecule has 7 heteroatoms. The van der Waals surface area contributed by atoms with Crippen LogP contribution in [0.25, 0.3) is 0 Å². The van der Waals surface area contributed by atoms with E-state index in [0.29, 0.717) is 10.7 Å². The van der Waals surface area contributed by atoms with Crippen LogP contribution in [-0.4, -0.2) is 30.9 Å². The van der Waals surface area contributed by atoms with E-state index in [1.165, 1.54) is 0 Å². The molecule has 2 N–H and O–H groups in total. The summed E-state index contributed by atoms with van der Waals surface area (Å²) >= 11 is 5.91. The van der Waals surface area contributed by atoms with Gasteiger partial charge >= 0.3 is 5.97 Å². The molecule has 2 rings (SSSR count). The Morgan fingerprint density at radius 3 is 2.32 bits per heavy atom. The van der Waals surface area contributed by atoms with Gasteiger partial charge in [-0.15, -0.1) is 0 Å². The van der Waals surface area contributed by atoms with Gasteiger partial charge in [-0.2, -0.15) is 0 Å². The zero-order valence-corrected chi connectivity index (χ0v) is 14.1. The molecule has 2 aromatic rings. The minimum Gasteiger partial charge on any atom is -0.454 e. The van der Waals surface area contributed by atoms with E-state index < -0.39 is 18.5 Å². The van der Waals surface area contributed by atoms with Crippen molar-refractivity contribution in [2.75, 3.05) is 18.5 Å². The molecule has 0 fully saturated rings. The summed E-state index contributed by atoms with van der Waals surface area (Å²) in [6.45, 7) is -0.760. The van der Waals surface area contributed by atoms with Gasteiger partial charge in [-0.25, -0.2) is 0 Å². The Kier molecular flexibility index (Phi) is 6.98. The molecule has 0 saturated heterocycles. The fraction of sp³-hybridized carbons (Fsp3) is 0.167. The molecule has 0 bridgehead atoms. The maximum atomic E-state index is 11.7. The van der Waals surface area contributed by atoms with Crippen LogP contribution in [0, 0.1) is 0 Å². The van der Waals surface area contributed by atoms with Crippen molar-refractivity contribution in [3.63, 3.8) is 0 Å². The molecule has 0 spiro atoms. The molecule has 0 atom stereocenters. The van der Waals surface area contributed by atoms with Crippen LogP contribution in [0.15, 0.2) is 54.6 Å². The first-order chi connectivity index (χ1) is 12.0. The molecule has 0 aromatic heterocycles. The lowest BCUT2D eigenvalue weighted by Gasteiger charge is -2.08. The number of anilines is 1. The normalized spacial score (nSPS) is 9.96. The second kappa shape index (κ2) is 9.44. The summed E-state index contributed by atoms with van der Waals surface area (Å²) in [6, 6.07) is 15.9. The Hall–Kier alpha value is -2.86. The Morgan fingerprint density at radius 2 is 1.60 bits per heavy atom. The summed E-state index contributed by atoms with van der Waals surface area (Å²) in [6.07, 6.45) is 0.168. The van der Waals surface area contributed by atoms with Crippen LogP contribution in [0.3, 0.4) is 0 Å². The van der Waals surface area contributed by atoms with Gasteiger partial charge in [0.25, 0.3) is 5.91 Å². The van der Waals surface area contributed by atoms with Gasteiger partial charge in [-0.1, -0.05) is 54.1 Å². The average molecular weight is 361 g/mol. The van der Waals surface area contributed by atoms with Crippen LogP contribution in [0.5, 0.6) is 0 Å². The monoisotopic (exact) mass is 360 g/mol. The number of ether oxygens (including phenoxy) is 1. The van der Waals surface area contributed by atoms with Crippen LogP contribution in [0.4, 0.5) is 5.69 Å². The number of para-hydroxylation sites is 1. The molecule has 0 saturated carbocycles. The molecule has 0 aliphatic rings. The highest BCUT2D eigenvalue weighted by Crippen LogP contribution is 2.20. The molecular formula is C18H17ClN2O4. The minimum absolute atomic E-state index is 0.168. The third-order valence-corrected chi connectivity index (χ3v) is 3.48. The first-order valence-corrected chi connectivity index (χ1v) is 7.93. The number of hydrogen-bond acceptors (Lipinski definition) is 4. The van der Waals surface area contributed by atoms with Gasteiger partial charge in [0.2, 0.25) is 5.91 Å². The molecule has 0 unspecified atom stereocenters. The molecule has 130 valence electrons. The highest BCUT2D eigenvalue weighted by Gasteiger charge is 2.11. The molecular weight excluding hydrogens is 344 g/mol. The van der Waals surface area contributed by atoms with Gasteiger partial charge in [0.15, 0.2) is 6.61 Å². The molecule has 25 heavy (non-hydrogen) atoms. The average Bonchev–Trinajstić information content (AvgIpc) is 2.61. The van der Waals surface area contributed by atoms with Crippen molar-refractivity contribution in [2.45, 2.75) is 6.42 Å². The maximum absolute atomic E-state index is 11.7. The van der Waals surface area contributed by atoms with Crippen molar-refractivity contribution in [1.29, 1.82) is 0 Å². The van der Waals surface area contributed by atoms with Crippen molar-refractivity contribution in [2.24, 2.45) is 0 Å². The first kappa shape index (κ1) is 18.5.